The van der Waals surface area contributed by atoms with Crippen LogP contribution < -0.4 is 20.1 Å². The molecule has 0 aliphatic carbocycles. The number of nitrogens with zero attached hydrogens (tertiary/aromatic N) is 10. The van der Waals surface area contributed by atoms with Gasteiger partial charge in [-0.05, 0) is 70.2 Å². The van der Waals surface area contributed by atoms with Gasteiger partial charge in [-0.25, -0.2) is 19.6 Å². The van der Waals surface area contributed by atoms with E-state index in [1.807, 2.05) is 6.07 Å². The largest absolute Gasteiger partial charge is 0.415 e. The Bertz CT molecular complexity index is 2640. The molecule has 0 saturated carbocycles. The van der Waals surface area contributed by atoms with Crippen LogP contribution in [0, 0.1) is 0 Å². The summed E-state index contributed by atoms with van der Waals surface area (Å²) in [5, 5.41) is 14.9. The summed E-state index contributed by atoms with van der Waals surface area (Å²) < 4.78 is 11.7. The molecule has 2 N–H and O–H groups in total. The molecule has 19 heteroatoms. The van der Waals surface area contributed by atoms with E-state index in [9.17, 15) is 9.59 Å². The molecular formula is C42H35Cl3N12O4. The minimum atomic E-state index is -0.812. The maximum Gasteiger partial charge on any atom is 0.415 e. The van der Waals surface area contributed by atoms with Crippen molar-refractivity contribution >= 4 is 70.0 Å². The fourth-order valence-corrected chi connectivity index (χ4v) is 6.84. The van der Waals surface area contributed by atoms with E-state index in [1.165, 1.54) is 9.80 Å². The molecule has 0 aliphatic heterocycles. The number of azide groups is 2. The molecule has 2 aromatic heterocycles. The first-order chi connectivity index (χ1) is 29.5. The fraction of sp³-hybridized carbons (Fsp3) is 0.143. The van der Waals surface area contributed by atoms with E-state index in [0.717, 1.165) is 0 Å². The van der Waals surface area contributed by atoms with Crippen molar-refractivity contribution < 1.29 is 19.1 Å². The predicted molar refractivity (Wildman–Crippen MR) is 235 cm³/mol. The lowest BCUT2D eigenvalue weighted by Crippen LogP contribution is -2.30. The van der Waals surface area contributed by atoms with E-state index in [-0.39, 0.29) is 39.5 Å². The van der Waals surface area contributed by atoms with Crippen LogP contribution in [0.2, 0.25) is 15.1 Å². The molecule has 2 amide bonds. The highest BCUT2D eigenvalue weighted by Crippen LogP contribution is 2.42. The van der Waals surface area contributed by atoms with Crippen molar-refractivity contribution in [2.45, 2.75) is 18.6 Å². The van der Waals surface area contributed by atoms with Crippen molar-refractivity contribution in [1.29, 1.82) is 0 Å². The second-order valence-electron chi connectivity index (χ2n) is 13.4. The fourth-order valence-electron chi connectivity index (χ4n) is 6.11. The van der Waals surface area contributed by atoms with E-state index in [1.54, 1.807) is 137 Å². The van der Waals surface area contributed by atoms with Gasteiger partial charge >= 0.3 is 12.2 Å². The van der Waals surface area contributed by atoms with E-state index in [4.69, 9.17) is 55.3 Å². The van der Waals surface area contributed by atoms with Gasteiger partial charge in [-0.2, -0.15) is 0 Å². The molecule has 2 heterocycles. The zero-order chi connectivity index (χ0) is 43.5. The normalized spacial score (nSPS) is 11.5. The van der Waals surface area contributed by atoms with Crippen LogP contribution >= 0.6 is 34.8 Å². The molecule has 308 valence electrons. The molecule has 6 aromatic rings. The summed E-state index contributed by atoms with van der Waals surface area (Å²) >= 11 is 20.0. The number of aromatic nitrogens is 2. The van der Waals surface area contributed by atoms with Gasteiger partial charge in [0.25, 0.3) is 0 Å². The molecule has 0 fully saturated rings. The third-order valence-corrected chi connectivity index (χ3v) is 10.1. The van der Waals surface area contributed by atoms with Crippen molar-refractivity contribution in [2.24, 2.45) is 10.2 Å². The molecule has 0 saturated heterocycles. The van der Waals surface area contributed by atoms with Crippen molar-refractivity contribution in [2.75, 3.05) is 31.8 Å². The molecule has 16 nitrogen and oxygen atoms in total. The maximum atomic E-state index is 13.7. The number of carbonyl (C=O) groups excluding carboxylic acids is 2. The van der Waals surface area contributed by atoms with Crippen molar-refractivity contribution in [3.63, 3.8) is 0 Å². The third kappa shape index (κ3) is 10.7. The predicted octanol–water partition coefficient (Wildman–Crippen LogP) is 12.4. The van der Waals surface area contributed by atoms with Crippen LogP contribution in [0.3, 0.4) is 0 Å². The molecule has 0 aliphatic rings. The molecule has 6 rings (SSSR count). The lowest BCUT2D eigenvalue weighted by atomic mass is 9.97. The number of rotatable bonds is 14. The number of anilines is 2. The number of carbonyl (C=O) groups is 2. The van der Waals surface area contributed by atoms with Gasteiger partial charge in [-0.1, -0.05) is 112 Å². The Balaban J connectivity index is 1.25. The minimum absolute atomic E-state index is 0.117. The first-order valence-electron chi connectivity index (χ1n) is 18.2. The quantitative estimate of drug-likeness (QED) is 0.0610. The first-order valence-corrected chi connectivity index (χ1v) is 19.4. The standard InChI is InChI=1S/C42H35Cl3N12O4/c1-56(2)41(58)60-34-19-18-26(43)22-30(34)40(29-12-9-14-32(38(29)45)53-55-47)51-36-20-17-25(23-49-36)24-57(3)42(59)61-33-15-5-4-10-27(33)39(50-35-16-6-7-21-48-35)28-11-8-13-31(37(28)44)52-54-46/h4-23,39-40H,24H2,1-3H3,(H,48,50)(H,49,51). The minimum Gasteiger partial charge on any atom is -0.410 e. The van der Waals surface area contributed by atoms with Gasteiger partial charge in [0.05, 0.1) is 40.0 Å². The number of ether oxygens (including phenoxy) is 2. The van der Waals surface area contributed by atoms with Crippen LogP contribution in [-0.2, 0) is 6.54 Å². The highest BCUT2D eigenvalue weighted by atomic mass is 35.5. The van der Waals surface area contributed by atoms with Gasteiger partial charge in [-0.15, -0.1) is 0 Å². The number of pyridine rings is 2. The van der Waals surface area contributed by atoms with Crippen LogP contribution in [-0.4, -0.2) is 53.1 Å². The number of nitrogens with one attached hydrogen (secondary N) is 2. The Hall–Kier alpha value is -7.19. The lowest BCUT2D eigenvalue weighted by Gasteiger charge is -2.25. The topological polar surface area (TPSA) is 206 Å². The SMILES string of the molecule is CN(C)C(=O)Oc1ccc(Cl)cc1C(Nc1ccc(CN(C)C(=O)Oc2ccccc2C(Nc2ccccn2)c2cccc(N=[N+]=[N-])c2Cl)cn1)c1cccc(N=[N+]=[N-])c1Cl. The van der Waals surface area contributed by atoms with Gasteiger partial charge in [-0.3, -0.25) is 0 Å². The zero-order valence-corrected chi connectivity index (χ0v) is 34.9. The summed E-state index contributed by atoms with van der Waals surface area (Å²) in [5.41, 5.74) is 21.4. The average molecular weight is 878 g/mol. The van der Waals surface area contributed by atoms with Gasteiger partial charge in [0, 0.05) is 59.5 Å². The number of halogens is 3. The van der Waals surface area contributed by atoms with Crippen LogP contribution in [0.15, 0.2) is 132 Å². The van der Waals surface area contributed by atoms with Gasteiger partial charge < -0.3 is 29.9 Å². The van der Waals surface area contributed by atoms with Gasteiger partial charge in [0.2, 0.25) is 0 Å². The van der Waals surface area contributed by atoms with Crippen LogP contribution in [0.5, 0.6) is 11.5 Å². The summed E-state index contributed by atoms with van der Waals surface area (Å²) in [5.74, 6) is 1.37. The number of hydrogen-bond donors (Lipinski definition) is 2. The molecule has 2 atom stereocenters. The summed E-state index contributed by atoms with van der Waals surface area (Å²) in [6.07, 6.45) is 1.95. The molecule has 0 bridgehead atoms. The smallest absolute Gasteiger partial charge is 0.410 e. The summed E-state index contributed by atoms with van der Waals surface area (Å²) in [7, 11) is 4.70. The molecule has 2 unspecified atom stereocenters. The number of amides is 2. The van der Waals surface area contributed by atoms with Crippen molar-refractivity contribution in [3.8, 4) is 11.5 Å². The summed E-state index contributed by atoms with van der Waals surface area (Å²) in [6, 6.07) is 29.2. The van der Waals surface area contributed by atoms with E-state index in [0.29, 0.717) is 44.5 Å². The highest BCUT2D eigenvalue weighted by Gasteiger charge is 2.27. The van der Waals surface area contributed by atoms with Crippen molar-refractivity contribution in [3.05, 3.63) is 185 Å². The number of benzene rings is 4. The Morgan fingerprint density at radius 3 is 1.84 bits per heavy atom. The Morgan fingerprint density at radius 1 is 0.672 bits per heavy atom. The molecule has 0 radical (unpaired) electrons. The first kappa shape index (κ1) is 43.4. The van der Waals surface area contributed by atoms with E-state index in [2.05, 4.69) is 40.7 Å². The zero-order valence-electron chi connectivity index (χ0n) is 32.6. The highest BCUT2D eigenvalue weighted by molar-refractivity contribution is 6.34. The van der Waals surface area contributed by atoms with Crippen LogP contribution in [0.1, 0.15) is 39.9 Å². The second-order valence-corrected chi connectivity index (χ2v) is 14.6. The van der Waals surface area contributed by atoms with Crippen LogP contribution in [0.25, 0.3) is 20.9 Å². The Labute approximate surface area is 364 Å². The monoisotopic (exact) mass is 876 g/mol. The van der Waals surface area contributed by atoms with Crippen molar-refractivity contribution in [1.82, 2.24) is 19.8 Å². The molecule has 61 heavy (non-hydrogen) atoms. The van der Waals surface area contributed by atoms with E-state index >= 15 is 0 Å². The summed E-state index contributed by atoms with van der Waals surface area (Å²) in [6.45, 7) is 0.117. The third-order valence-electron chi connectivity index (χ3n) is 9.02. The summed E-state index contributed by atoms with van der Waals surface area (Å²) in [4.78, 5) is 43.8. The molecular weight excluding hydrogens is 843 g/mol. The number of para-hydroxylation sites is 1. The maximum absolute atomic E-state index is 13.7. The number of hydrogen-bond acceptors (Lipinski definition) is 10. The van der Waals surface area contributed by atoms with Gasteiger partial charge in [0.15, 0.2) is 0 Å². The molecule has 0 spiro atoms. The second kappa shape index (κ2) is 20.2. The Kier molecular flexibility index (Phi) is 14.4. The van der Waals surface area contributed by atoms with Crippen LogP contribution in [0.4, 0.5) is 32.6 Å². The average Bonchev–Trinajstić information content (AvgIpc) is 3.25. The Morgan fingerprint density at radius 2 is 1.25 bits per heavy atom. The molecule has 4 aromatic carbocycles. The van der Waals surface area contributed by atoms with E-state index < -0.39 is 24.3 Å². The van der Waals surface area contributed by atoms with Gasteiger partial charge in [0.1, 0.15) is 23.1 Å². The lowest BCUT2D eigenvalue weighted by molar-refractivity contribution is 0.160.